The number of aryl methyl sites for hydroxylation is 1. The van der Waals surface area contributed by atoms with Crippen LogP contribution >= 0.6 is 0 Å². The first-order chi connectivity index (χ1) is 17.4. The maximum Gasteiger partial charge on any atom is 0.419 e. The topological polar surface area (TPSA) is 59.5 Å². The number of hydrogen-bond acceptors (Lipinski definition) is 6. The Balaban J connectivity index is 1.67. The summed E-state index contributed by atoms with van der Waals surface area (Å²) in [5, 5.41) is 3.68. The number of fused-ring (bicyclic) bond motifs is 1. The Bertz CT molecular complexity index is 1280. The molecule has 6 nitrogen and oxygen atoms in total. The fourth-order valence-electron chi connectivity index (χ4n) is 4.95. The highest BCUT2D eigenvalue weighted by Gasteiger charge is 2.38. The third kappa shape index (κ3) is 5.74. The van der Waals surface area contributed by atoms with E-state index in [0.29, 0.717) is 40.7 Å². The third-order valence-electron chi connectivity index (χ3n) is 6.85. The van der Waals surface area contributed by atoms with Gasteiger partial charge in [-0.05, 0) is 52.9 Å². The molecule has 0 spiro atoms. The van der Waals surface area contributed by atoms with E-state index in [1.807, 2.05) is 14.1 Å². The lowest BCUT2D eigenvalue weighted by molar-refractivity contribution is -0.140. The normalized spacial score (nSPS) is 15.9. The molecule has 37 heavy (non-hydrogen) atoms. The molecule has 10 heteroatoms. The van der Waals surface area contributed by atoms with Gasteiger partial charge in [-0.15, -0.1) is 0 Å². The minimum Gasteiger partial charge on any atom is -0.493 e. The van der Waals surface area contributed by atoms with Gasteiger partial charge in [-0.2, -0.15) is 13.2 Å². The lowest BCUT2D eigenvalue weighted by atomic mass is 9.69. The second kappa shape index (κ2) is 10.3. The van der Waals surface area contributed by atoms with Crippen LogP contribution < -0.4 is 14.8 Å². The Morgan fingerprint density at radius 2 is 1.86 bits per heavy atom. The molecule has 0 unspecified atom stereocenters. The number of hydrogen-bond donors (Lipinski definition) is 1. The van der Waals surface area contributed by atoms with E-state index in [4.69, 9.17) is 9.47 Å². The van der Waals surface area contributed by atoms with Crippen LogP contribution in [0.2, 0.25) is 0 Å². The quantitative estimate of drug-likeness (QED) is 0.330. The standard InChI is InChI=1S/C27H32F4N4O2/c1-16(18-8-6-9-20(24(18)28)27(29,30)31)32-25-19-12-23(22(36-5)13-21(19)33-17(2)34-25)37-15-26(10-7-11-26)14-35(3)4/h6,8-9,12-13,16H,7,10-11,14-15H2,1-5H3,(H,32,33,34)/t16-/m1/s1. The van der Waals surface area contributed by atoms with Crippen molar-refractivity contribution in [3.63, 3.8) is 0 Å². The van der Waals surface area contributed by atoms with Gasteiger partial charge in [0.2, 0.25) is 0 Å². The van der Waals surface area contributed by atoms with E-state index in [2.05, 4.69) is 20.2 Å². The summed E-state index contributed by atoms with van der Waals surface area (Å²) in [4.78, 5) is 11.1. The van der Waals surface area contributed by atoms with E-state index in [0.717, 1.165) is 31.9 Å². The summed E-state index contributed by atoms with van der Waals surface area (Å²) in [6.07, 6.45) is -1.46. The zero-order valence-electron chi connectivity index (χ0n) is 21.7. The molecule has 1 atom stereocenters. The van der Waals surface area contributed by atoms with Crippen LogP contribution in [-0.4, -0.2) is 49.2 Å². The summed E-state index contributed by atoms with van der Waals surface area (Å²) in [5.41, 5.74) is -0.767. The van der Waals surface area contributed by atoms with E-state index < -0.39 is 23.6 Å². The largest absolute Gasteiger partial charge is 0.493 e. The average molecular weight is 521 g/mol. The molecule has 1 aliphatic rings. The Morgan fingerprint density at radius 3 is 2.46 bits per heavy atom. The molecule has 1 N–H and O–H groups in total. The van der Waals surface area contributed by atoms with Crippen molar-refractivity contribution in [2.24, 2.45) is 5.41 Å². The van der Waals surface area contributed by atoms with Crippen LogP contribution in [0.1, 0.15) is 49.2 Å². The van der Waals surface area contributed by atoms with Crippen molar-refractivity contribution in [2.75, 3.05) is 39.7 Å². The monoisotopic (exact) mass is 520 g/mol. The number of nitrogens with one attached hydrogen (secondary N) is 1. The number of aromatic nitrogens is 2. The zero-order chi connectivity index (χ0) is 27.0. The SMILES string of the molecule is COc1cc2nc(C)nc(N[C@H](C)c3cccc(C(F)(F)F)c3F)c2cc1OCC1(CN(C)C)CCC1. The molecule has 0 amide bonds. The van der Waals surface area contributed by atoms with Gasteiger partial charge in [-0.3, -0.25) is 0 Å². The molecular weight excluding hydrogens is 488 g/mol. The molecule has 0 radical (unpaired) electrons. The first-order valence-corrected chi connectivity index (χ1v) is 12.2. The van der Waals surface area contributed by atoms with E-state index in [-0.39, 0.29) is 11.0 Å². The maximum absolute atomic E-state index is 14.8. The molecule has 1 fully saturated rings. The maximum atomic E-state index is 14.8. The summed E-state index contributed by atoms with van der Waals surface area (Å²) in [7, 11) is 5.64. The van der Waals surface area contributed by atoms with Crippen LogP contribution in [0, 0.1) is 18.2 Å². The number of methoxy groups -OCH3 is 1. The van der Waals surface area contributed by atoms with Gasteiger partial charge in [-0.25, -0.2) is 14.4 Å². The van der Waals surface area contributed by atoms with E-state index in [1.54, 1.807) is 33.1 Å². The Hall–Kier alpha value is -3.14. The minimum atomic E-state index is -4.79. The smallest absolute Gasteiger partial charge is 0.419 e. The number of rotatable bonds is 9. The highest BCUT2D eigenvalue weighted by Crippen LogP contribution is 2.43. The van der Waals surface area contributed by atoms with Crippen LogP contribution in [0.15, 0.2) is 30.3 Å². The number of halogens is 4. The predicted molar refractivity (Wildman–Crippen MR) is 135 cm³/mol. The van der Waals surface area contributed by atoms with Crippen molar-refractivity contribution in [3.8, 4) is 11.5 Å². The molecule has 1 aromatic heterocycles. The number of anilines is 1. The van der Waals surface area contributed by atoms with Crippen molar-refractivity contribution in [1.82, 2.24) is 14.9 Å². The average Bonchev–Trinajstić information content (AvgIpc) is 2.79. The number of nitrogens with zero attached hydrogens (tertiary/aromatic N) is 3. The van der Waals surface area contributed by atoms with E-state index >= 15 is 0 Å². The molecule has 0 bridgehead atoms. The lowest BCUT2D eigenvalue weighted by Crippen LogP contribution is -2.44. The second-order valence-corrected chi connectivity index (χ2v) is 10.1. The van der Waals surface area contributed by atoms with E-state index in [9.17, 15) is 17.6 Å². The van der Waals surface area contributed by atoms with Crippen LogP contribution in [0.5, 0.6) is 11.5 Å². The van der Waals surface area contributed by atoms with Gasteiger partial charge in [-0.1, -0.05) is 18.6 Å². The first-order valence-electron chi connectivity index (χ1n) is 12.2. The molecule has 0 aliphatic heterocycles. The van der Waals surface area contributed by atoms with Crippen molar-refractivity contribution >= 4 is 16.7 Å². The third-order valence-corrected chi connectivity index (χ3v) is 6.85. The molecule has 1 aliphatic carbocycles. The van der Waals surface area contributed by atoms with Gasteiger partial charge in [0.1, 0.15) is 17.5 Å². The fourth-order valence-corrected chi connectivity index (χ4v) is 4.95. The van der Waals surface area contributed by atoms with Crippen molar-refractivity contribution in [3.05, 3.63) is 53.1 Å². The highest BCUT2D eigenvalue weighted by molar-refractivity contribution is 5.92. The molecule has 1 heterocycles. The van der Waals surface area contributed by atoms with Gasteiger partial charge in [0.15, 0.2) is 11.5 Å². The highest BCUT2D eigenvalue weighted by atomic mass is 19.4. The van der Waals surface area contributed by atoms with Crippen molar-refractivity contribution in [1.29, 1.82) is 0 Å². The molecule has 2 aromatic carbocycles. The molecular formula is C27H32F4N4O2. The summed E-state index contributed by atoms with van der Waals surface area (Å²) in [5.74, 6) is 0.552. The van der Waals surface area contributed by atoms with Crippen LogP contribution in [-0.2, 0) is 6.18 Å². The van der Waals surface area contributed by atoms with Crippen LogP contribution in [0.3, 0.4) is 0 Å². The van der Waals surface area contributed by atoms with Crippen molar-refractivity contribution in [2.45, 2.75) is 45.3 Å². The second-order valence-electron chi connectivity index (χ2n) is 10.1. The molecule has 200 valence electrons. The molecule has 4 rings (SSSR count). The Labute approximate surface area is 214 Å². The molecule has 1 saturated carbocycles. The lowest BCUT2D eigenvalue weighted by Gasteiger charge is -2.43. The van der Waals surface area contributed by atoms with Crippen LogP contribution in [0.25, 0.3) is 10.9 Å². The van der Waals surface area contributed by atoms with Gasteiger partial charge in [0.25, 0.3) is 0 Å². The zero-order valence-corrected chi connectivity index (χ0v) is 21.7. The Morgan fingerprint density at radius 1 is 1.14 bits per heavy atom. The molecule has 0 saturated heterocycles. The van der Waals surface area contributed by atoms with Crippen LogP contribution in [0.4, 0.5) is 23.4 Å². The predicted octanol–water partition coefficient (Wildman–Crippen LogP) is 6.39. The van der Waals surface area contributed by atoms with Gasteiger partial charge in [0, 0.05) is 29.0 Å². The number of alkyl halides is 3. The first kappa shape index (κ1) is 26.9. The van der Waals surface area contributed by atoms with Gasteiger partial charge < -0.3 is 19.7 Å². The fraction of sp³-hybridized carbons (Fsp3) is 0.481. The van der Waals surface area contributed by atoms with Crippen molar-refractivity contribution < 1.29 is 27.0 Å². The Kier molecular flexibility index (Phi) is 7.50. The van der Waals surface area contributed by atoms with Gasteiger partial charge in [0.05, 0.1) is 30.8 Å². The number of benzene rings is 2. The van der Waals surface area contributed by atoms with Gasteiger partial charge >= 0.3 is 6.18 Å². The summed E-state index contributed by atoms with van der Waals surface area (Å²) in [6, 6.07) is 5.98. The summed E-state index contributed by atoms with van der Waals surface area (Å²) >= 11 is 0. The summed E-state index contributed by atoms with van der Waals surface area (Å²) < 4.78 is 66.4. The van der Waals surface area contributed by atoms with E-state index in [1.165, 1.54) is 12.1 Å². The molecule has 3 aromatic rings. The summed E-state index contributed by atoms with van der Waals surface area (Å²) in [6.45, 7) is 4.73. The minimum absolute atomic E-state index is 0.0733. The number of ether oxygens (including phenoxy) is 2.